The van der Waals surface area contributed by atoms with Crippen LogP contribution in [0.3, 0.4) is 0 Å². The lowest BCUT2D eigenvalue weighted by Gasteiger charge is -2.26. The van der Waals surface area contributed by atoms with Gasteiger partial charge in [-0.2, -0.15) is 0 Å². The van der Waals surface area contributed by atoms with Crippen LogP contribution in [0.2, 0.25) is 0 Å². The van der Waals surface area contributed by atoms with E-state index in [0.717, 1.165) is 32.4 Å². The van der Waals surface area contributed by atoms with Crippen LogP contribution in [0.25, 0.3) is 0 Å². The van der Waals surface area contributed by atoms with Crippen molar-refractivity contribution in [1.82, 2.24) is 10.2 Å². The maximum Gasteiger partial charge on any atom is 0.253 e. The highest BCUT2D eigenvalue weighted by Crippen LogP contribution is 2.15. The minimum atomic E-state index is -0.354. The number of carbonyl (C=O) groups excluding carboxylic acids is 2. The average molecular weight is 276 g/mol. The summed E-state index contributed by atoms with van der Waals surface area (Å²) in [5.74, 6) is -0.403. The fourth-order valence-corrected chi connectivity index (χ4v) is 2.29. The van der Waals surface area contributed by atoms with E-state index in [1.807, 2.05) is 0 Å². The number of benzene rings is 1. The van der Waals surface area contributed by atoms with Crippen molar-refractivity contribution in [1.29, 1.82) is 0 Å². The number of likely N-dealkylation sites (tertiary alicyclic amines) is 1. The van der Waals surface area contributed by atoms with Crippen LogP contribution in [0.15, 0.2) is 18.2 Å². The van der Waals surface area contributed by atoms with Crippen molar-refractivity contribution in [3.05, 3.63) is 23.8 Å². The van der Waals surface area contributed by atoms with E-state index in [-0.39, 0.29) is 18.4 Å². The first-order valence-electron chi connectivity index (χ1n) is 6.79. The monoisotopic (exact) mass is 276 g/mol. The number of anilines is 2. The zero-order valence-corrected chi connectivity index (χ0v) is 11.4. The zero-order chi connectivity index (χ0) is 14.5. The predicted octanol–water partition coefficient (Wildman–Crippen LogP) is 0.593. The predicted molar refractivity (Wildman–Crippen MR) is 78.0 cm³/mol. The first kappa shape index (κ1) is 14.2. The normalized spacial score (nSPS) is 14.9. The lowest BCUT2D eigenvalue weighted by Crippen LogP contribution is -2.42. The molecular formula is C14H20N4O2. The molecule has 20 heavy (non-hydrogen) atoms. The number of nitrogens with two attached hydrogens (primary N) is 2. The molecule has 5 N–H and O–H groups in total. The minimum Gasteiger partial charge on any atom is -0.399 e. The second kappa shape index (κ2) is 6.27. The molecule has 1 aliphatic heterocycles. The molecule has 0 bridgehead atoms. The topological polar surface area (TPSA) is 101 Å². The molecule has 1 heterocycles. The number of piperidine rings is 1. The Hall–Kier alpha value is -2.24. The number of hydrogen-bond acceptors (Lipinski definition) is 4. The molecule has 0 unspecified atom stereocenters. The van der Waals surface area contributed by atoms with Crippen molar-refractivity contribution in [2.75, 3.05) is 31.1 Å². The van der Waals surface area contributed by atoms with Crippen LogP contribution < -0.4 is 16.8 Å². The van der Waals surface area contributed by atoms with Crippen LogP contribution in [0.5, 0.6) is 0 Å². The number of nitrogens with one attached hydrogen (secondary N) is 1. The van der Waals surface area contributed by atoms with Gasteiger partial charge >= 0.3 is 0 Å². The molecule has 108 valence electrons. The van der Waals surface area contributed by atoms with Crippen LogP contribution >= 0.6 is 0 Å². The molecular weight excluding hydrogens is 256 g/mol. The Labute approximate surface area is 118 Å². The van der Waals surface area contributed by atoms with Crippen LogP contribution in [-0.2, 0) is 4.79 Å². The van der Waals surface area contributed by atoms with Crippen molar-refractivity contribution in [2.24, 2.45) is 0 Å². The second-order valence-electron chi connectivity index (χ2n) is 4.97. The molecule has 6 heteroatoms. The molecule has 1 aliphatic rings. The van der Waals surface area contributed by atoms with Gasteiger partial charge in [0.2, 0.25) is 5.91 Å². The van der Waals surface area contributed by atoms with Gasteiger partial charge in [-0.05, 0) is 37.5 Å². The Morgan fingerprint density at radius 3 is 2.50 bits per heavy atom. The molecule has 0 aliphatic carbocycles. The van der Waals surface area contributed by atoms with Gasteiger partial charge in [0.05, 0.1) is 12.1 Å². The van der Waals surface area contributed by atoms with Crippen LogP contribution in [-0.4, -0.2) is 36.3 Å². The standard InChI is InChI=1S/C14H20N4O2/c15-10-4-5-11(12(16)8-10)14(20)17-9-13(19)18-6-2-1-3-7-18/h4-5,8H,1-3,6-7,9,15-16H2,(H,17,20). The van der Waals surface area contributed by atoms with Gasteiger partial charge in [0.1, 0.15) is 0 Å². The van der Waals surface area contributed by atoms with Crippen LogP contribution in [0.1, 0.15) is 29.6 Å². The summed E-state index contributed by atoms with van der Waals surface area (Å²) in [5.41, 5.74) is 12.5. The van der Waals surface area contributed by atoms with Crippen molar-refractivity contribution in [3.8, 4) is 0 Å². The Morgan fingerprint density at radius 1 is 1.15 bits per heavy atom. The van der Waals surface area contributed by atoms with Gasteiger partial charge < -0.3 is 21.7 Å². The molecule has 0 aromatic heterocycles. The maximum atomic E-state index is 12.0. The summed E-state index contributed by atoms with van der Waals surface area (Å²) < 4.78 is 0. The lowest BCUT2D eigenvalue weighted by atomic mass is 10.1. The van der Waals surface area contributed by atoms with Gasteiger partial charge in [0.25, 0.3) is 5.91 Å². The number of amides is 2. The van der Waals surface area contributed by atoms with Crippen molar-refractivity contribution < 1.29 is 9.59 Å². The number of nitrogen functional groups attached to an aromatic ring is 2. The molecule has 0 atom stereocenters. The number of nitrogens with zero attached hydrogens (tertiary/aromatic N) is 1. The zero-order valence-electron chi connectivity index (χ0n) is 11.4. The smallest absolute Gasteiger partial charge is 0.253 e. The maximum absolute atomic E-state index is 12.0. The first-order chi connectivity index (χ1) is 9.58. The third-order valence-electron chi connectivity index (χ3n) is 3.43. The number of rotatable bonds is 3. The summed E-state index contributed by atoms with van der Waals surface area (Å²) in [6, 6.07) is 4.70. The Bertz CT molecular complexity index is 510. The van der Waals surface area contributed by atoms with E-state index in [4.69, 9.17) is 11.5 Å². The molecule has 0 spiro atoms. The number of hydrogen-bond donors (Lipinski definition) is 3. The summed E-state index contributed by atoms with van der Waals surface area (Å²) >= 11 is 0. The van der Waals surface area contributed by atoms with Crippen LogP contribution in [0.4, 0.5) is 11.4 Å². The highest BCUT2D eigenvalue weighted by Gasteiger charge is 2.17. The highest BCUT2D eigenvalue weighted by molar-refractivity contribution is 6.01. The largest absolute Gasteiger partial charge is 0.399 e. The summed E-state index contributed by atoms with van der Waals surface area (Å²) in [7, 11) is 0. The van der Waals surface area contributed by atoms with Gasteiger partial charge in [-0.25, -0.2) is 0 Å². The molecule has 1 saturated heterocycles. The first-order valence-corrected chi connectivity index (χ1v) is 6.79. The van der Waals surface area contributed by atoms with Gasteiger partial charge in [-0.15, -0.1) is 0 Å². The Balaban J connectivity index is 1.89. The van der Waals surface area contributed by atoms with E-state index in [9.17, 15) is 9.59 Å². The number of carbonyl (C=O) groups is 2. The van der Waals surface area contributed by atoms with E-state index in [0.29, 0.717) is 16.9 Å². The molecule has 1 fully saturated rings. The average Bonchev–Trinajstić information content (AvgIpc) is 2.45. The SMILES string of the molecule is Nc1ccc(C(=O)NCC(=O)N2CCCCC2)c(N)c1. The van der Waals surface area contributed by atoms with Crippen molar-refractivity contribution >= 4 is 23.2 Å². The molecule has 2 rings (SSSR count). The molecule has 1 aromatic carbocycles. The van der Waals surface area contributed by atoms with Crippen molar-refractivity contribution in [2.45, 2.75) is 19.3 Å². The summed E-state index contributed by atoms with van der Waals surface area (Å²) in [6.07, 6.45) is 3.23. The van der Waals surface area contributed by atoms with Gasteiger partial charge in [0.15, 0.2) is 0 Å². The highest BCUT2D eigenvalue weighted by atomic mass is 16.2. The fraction of sp³-hybridized carbons (Fsp3) is 0.429. The van der Waals surface area contributed by atoms with Crippen molar-refractivity contribution in [3.63, 3.8) is 0 Å². The van der Waals surface area contributed by atoms with Gasteiger partial charge in [0, 0.05) is 24.5 Å². The summed E-state index contributed by atoms with van der Waals surface area (Å²) in [4.78, 5) is 25.7. The summed E-state index contributed by atoms with van der Waals surface area (Å²) in [5, 5.41) is 2.61. The van der Waals surface area contributed by atoms with E-state index in [1.165, 1.54) is 6.07 Å². The minimum absolute atomic E-state index is 0.00263. The quantitative estimate of drug-likeness (QED) is 0.703. The fourth-order valence-electron chi connectivity index (χ4n) is 2.29. The Morgan fingerprint density at radius 2 is 1.85 bits per heavy atom. The van der Waals surface area contributed by atoms with Gasteiger partial charge in [-0.1, -0.05) is 0 Å². The third-order valence-corrected chi connectivity index (χ3v) is 3.43. The lowest BCUT2D eigenvalue weighted by molar-refractivity contribution is -0.130. The van der Waals surface area contributed by atoms with Gasteiger partial charge in [-0.3, -0.25) is 9.59 Å². The molecule has 1 aromatic rings. The Kier molecular flexibility index (Phi) is 4.45. The molecule has 0 radical (unpaired) electrons. The van der Waals surface area contributed by atoms with E-state index < -0.39 is 0 Å². The van der Waals surface area contributed by atoms with E-state index in [2.05, 4.69) is 5.32 Å². The molecule has 6 nitrogen and oxygen atoms in total. The second-order valence-corrected chi connectivity index (χ2v) is 4.97. The molecule has 0 saturated carbocycles. The summed E-state index contributed by atoms with van der Waals surface area (Å²) in [6.45, 7) is 1.56. The van der Waals surface area contributed by atoms with E-state index in [1.54, 1.807) is 17.0 Å². The third kappa shape index (κ3) is 3.40. The van der Waals surface area contributed by atoms with Crippen LogP contribution in [0, 0.1) is 0 Å². The molecule has 2 amide bonds. The van der Waals surface area contributed by atoms with E-state index >= 15 is 0 Å².